The van der Waals surface area contributed by atoms with Gasteiger partial charge in [0.2, 0.25) is 0 Å². The predicted molar refractivity (Wildman–Crippen MR) is 77.4 cm³/mol. The zero-order valence-corrected chi connectivity index (χ0v) is 12.7. The van der Waals surface area contributed by atoms with Crippen molar-refractivity contribution in [1.29, 1.82) is 0 Å². The van der Waals surface area contributed by atoms with Crippen LogP contribution in [0.1, 0.15) is 21.9 Å². The molecular weight excluding hydrogens is 318 g/mol. The van der Waals surface area contributed by atoms with Crippen molar-refractivity contribution in [3.05, 3.63) is 46.4 Å². The van der Waals surface area contributed by atoms with Gasteiger partial charge in [-0.3, -0.25) is 4.72 Å². The largest absolute Gasteiger partial charge is 0.478 e. The summed E-state index contributed by atoms with van der Waals surface area (Å²) in [5, 5.41) is 9.61. The molecule has 0 bridgehead atoms. The van der Waals surface area contributed by atoms with Gasteiger partial charge in [-0.2, -0.15) is 0 Å². The first-order valence-corrected chi connectivity index (χ1v) is 7.70. The average Bonchev–Trinajstić information content (AvgIpc) is 2.67. The van der Waals surface area contributed by atoms with Crippen molar-refractivity contribution in [2.45, 2.75) is 18.7 Å². The molecule has 0 fully saturated rings. The van der Waals surface area contributed by atoms with Gasteiger partial charge in [-0.25, -0.2) is 13.2 Å². The lowest BCUT2D eigenvalue weighted by molar-refractivity contribution is 0.0691. The van der Waals surface area contributed by atoms with Gasteiger partial charge in [-0.15, -0.1) is 0 Å². The Morgan fingerprint density at radius 2 is 1.76 bits per heavy atom. The van der Waals surface area contributed by atoms with Crippen LogP contribution < -0.4 is 4.72 Å². The second-order valence-electron chi connectivity index (χ2n) is 4.34. The van der Waals surface area contributed by atoms with Crippen LogP contribution in [-0.2, 0) is 10.0 Å². The highest BCUT2D eigenvalue weighted by Crippen LogP contribution is 2.28. The van der Waals surface area contributed by atoms with E-state index < -0.39 is 16.0 Å². The van der Waals surface area contributed by atoms with Crippen molar-refractivity contribution < 1.29 is 22.7 Å². The molecule has 0 aliphatic carbocycles. The number of furan rings is 1. The number of sulfonamides is 1. The van der Waals surface area contributed by atoms with Crippen molar-refractivity contribution in [3.8, 4) is 0 Å². The van der Waals surface area contributed by atoms with E-state index in [-0.39, 0.29) is 27.7 Å². The molecule has 2 aromatic rings. The van der Waals surface area contributed by atoms with Crippen LogP contribution in [-0.4, -0.2) is 19.5 Å². The van der Waals surface area contributed by atoms with Crippen LogP contribution in [0.15, 0.2) is 33.6 Å². The van der Waals surface area contributed by atoms with Gasteiger partial charge >= 0.3 is 5.97 Å². The van der Waals surface area contributed by atoms with Crippen molar-refractivity contribution in [3.63, 3.8) is 0 Å². The lowest BCUT2D eigenvalue weighted by Gasteiger charge is -2.08. The number of rotatable bonds is 4. The average molecular weight is 330 g/mol. The zero-order valence-electron chi connectivity index (χ0n) is 11.2. The minimum absolute atomic E-state index is 0.0198. The van der Waals surface area contributed by atoms with Crippen LogP contribution in [0, 0.1) is 13.8 Å². The monoisotopic (exact) mass is 329 g/mol. The van der Waals surface area contributed by atoms with E-state index in [0.29, 0.717) is 5.02 Å². The number of halogens is 1. The molecule has 1 aromatic carbocycles. The van der Waals surface area contributed by atoms with Gasteiger partial charge in [0.05, 0.1) is 0 Å². The Balaban J connectivity index is 2.50. The summed E-state index contributed by atoms with van der Waals surface area (Å²) in [6.45, 7) is 2.80. The molecule has 0 saturated heterocycles. The molecular formula is C13H12ClNO5S. The fraction of sp³-hybridized carbons (Fsp3) is 0.154. The molecule has 2 N–H and O–H groups in total. The number of benzene rings is 1. The highest BCUT2D eigenvalue weighted by molar-refractivity contribution is 7.92. The second kappa shape index (κ2) is 5.42. The first-order valence-electron chi connectivity index (χ1n) is 5.84. The number of anilines is 1. The van der Waals surface area contributed by atoms with E-state index >= 15 is 0 Å². The third-order valence-corrected chi connectivity index (χ3v) is 4.57. The summed E-state index contributed by atoms with van der Waals surface area (Å²) in [4.78, 5) is 10.9. The highest BCUT2D eigenvalue weighted by Gasteiger charge is 2.30. The van der Waals surface area contributed by atoms with Gasteiger partial charge in [0.25, 0.3) is 10.0 Å². The lowest BCUT2D eigenvalue weighted by atomic mass is 10.2. The molecule has 1 heterocycles. The minimum Gasteiger partial charge on any atom is -0.478 e. The molecule has 0 atom stereocenters. The minimum atomic E-state index is -4.08. The van der Waals surface area contributed by atoms with Crippen molar-refractivity contribution in [2.75, 3.05) is 4.72 Å². The Morgan fingerprint density at radius 1 is 1.19 bits per heavy atom. The maximum Gasteiger partial charge on any atom is 0.340 e. The molecule has 8 heteroatoms. The third-order valence-electron chi connectivity index (χ3n) is 2.78. The molecule has 0 amide bonds. The van der Waals surface area contributed by atoms with E-state index in [4.69, 9.17) is 21.1 Å². The van der Waals surface area contributed by atoms with Crippen LogP contribution in [0.2, 0.25) is 5.02 Å². The van der Waals surface area contributed by atoms with E-state index in [2.05, 4.69) is 4.72 Å². The fourth-order valence-electron chi connectivity index (χ4n) is 1.96. The molecule has 2 rings (SSSR count). The molecule has 21 heavy (non-hydrogen) atoms. The topological polar surface area (TPSA) is 96.6 Å². The first-order chi connectivity index (χ1) is 9.72. The first kappa shape index (κ1) is 15.4. The quantitative estimate of drug-likeness (QED) is 0.898. The SMILES string of the molecule is Cc1oc(C)c(S(=O)(=O)Nc2ccc(Cl)cc2)c1C(=O)O. The summed E-state index contributed by atoms with van der Waals surface area (Å²) in [5.41, 5.74) is -0.0945. The maximum atomic E-state index is 12.4. The number of hydrogen-bond donors (Lipinski definition) is 2. The predicted octanol–water partition coefficient (Wildman–Crippen LogP) is 3.05. The van der Waals surface area contributed by atoms with Gasteiger partial charge in [0, 0.05) is 10.7 Å². The number of carbonyl (C=O) groups is 1. The number of aromatic carboxylic acids is 1. The van der Waals surface area contributed by atoms with Crippen LogP contribution >= 0.6 is 11.6 Å². The van der Waals surface area contributed by atoms with Crippen molar-refractivity contribution >= 4 is 33.3 Å². The van der Waals surface area contributed by atoms with E-state index in [0.717, 1.165) is 0 Å². The summed E-state index contributed by atoms with van der Waals surface area (Å²) >= 11 is 5.73. The molecule has 0 aliphatic rings. The van der Waals surface area contributed by atoms with Crippen LogP contribution in [0.3, 0.4) is 0 Å². The molecule has 6 nitrogen and oxygen atoms in total. The Labute approximate surface area is 126 Å². The van der Waals surface area contributed by atoms with Crippen LogP contribution in [0.25, 0.3) is 0 Å². The van der Waals surface area contributed by atoms with E-state index in [1.807, 2.05) is 0 Å². The number of carboxylic acids is 1. The Morgan fingerprint density at radius 3 is 2.29 bits per heavy atom. The normalized spacial score (nSPS) is 11.4. The van der Waals surface area contributed by atoms with E-state index in [1.54, 1.807) is 0 Å². The lowest BCUT2D eigenvalue weighted by Crippen LogP contribution is -2.16. The summed E-state index contributed by atoms with van der Waals surface area (Å²) in [7, 11) is -4.08. The molecule has 1 aromatic heterocycles. The number of hydrogen-bond acceptors (Lipinski definition) is 4. The third kappa shape index (κ3) is 3.03. The van der Waals surface area contributed by atoms with Crippen LogP contribution in [0.5, 0.6) is 0 Å². The Kier molecular flexibility index (Phi) is 3.97. The van der Waals surface area contributed by atoms with E-state index in [9.17, 15) is 13.2 Å². The van der Waals surface area contributed by atoms with Crippen molar-refractivity contribution in [2.24, 2.45) is 0 Å². The molecule has 0 unspecified atom stereocenters. The van der Waals surface area contributed by atoms with Gasteiger partial charge < -0.3 is 9.52 Å². The second-order valence-corrected chi connectivity index (χ2v) is 6.39. The summed E-state index contributed by atoms with van der Waals surface area (Å²) in [6, 6.07) is 5.99. The zero-order chi connectivity index (χ0) is 15.8. The molecule has 0 aliphatic heterocycles. The molecule has 112 valence electrons. The Bertz CT molecular complexity index is 793. The fourth-order valence-corrected chi connectivity index (χ4v) is 3.55. The van der Waals surface area contributed by atoms with Crippen LogP contribution in [0.4, 0.5) is 5.69 Å². The summed E-state index contributed by atoms with van der Waals surface area (Å²) in [5.74, 6) is -1.30. The van der Waals surface area contributed by atoms with Gasteiger partial charge in [0.1, 0.15) is 22.0 Å². The number of carboxylic acid groups (broad SMARTS) is 1. The maximum absolute atomic E-state index is 12.4. The standard InChI is InChI=1S/C13H12ClNO5S/c1-7-11(13(16)17)12(8(2)20-7)21(18,19)15-10-5-3-9(14)4-6-10/h3-6,15H,1-2H3,(H,16,17). The van der Waals surface area contributed by atoms with Crippen molar-refractivity contribution in [1.82, 2.24) is 0 Å². The van der Waals surface area contributed by atoms with Gasteiger partial charge in [-0.1, -0.05) is 11.6 Å². The molecule has 0 spiro atoms. The highest BCUT2D eigenvalue weighted by atomic mass is 35.5. The summed E-state index contributed by atoms with van der Waals surface area (Å²) < 4.78 is 32.2. The van der Waals surface area contributed by atoms with Gasteiger partial charge in [0.15, 0.2) is 0 Å². The van der Waals surface area contributed by atoms with E-state index in [1.165, 1.54) is 38.1 Å². The Hall–Kier alpha value is -1.99. The smallest absolute Gasteiger partial charge is 0.340 e. The molecule has 0 saturated carbocycles. The molecule has 0 radical (unpaired) electrons. The van der Waals surface area contributed by atoms with Gasteiger partial charge in [-0.05, 0) is 38.1 Å². The number of nitrogens with one attached hydrogen (secondary N) is 1. The summed E-state index contributed by atoms with van der Waals surface area (Å²) in [6.07, 6.45) is 0. The number of aryl methyl sites for hydroxylation is 2.